The second-order valence-electron chi connectivity index (χ2n) is 3.09. The van der Waals surface area contributed by atoms with Gasteiger partial charge < -0.3 is 4.74 Å². The topological polar surface area (TPSA) is 26.3 Å². The summed E-state index contributed by atoms with van der Waals surface area (Å²) in [7, 11) is 1.64. The van der Waals surface area contributed by atoms with Crippen molar-refractivity contribution in [3.63, 3.8) is 0 Å². The lowest BCUT2D eigenvalue weighted by Gasteiger charge is -2.02. The normalized spacial score (nSPS) is 10.7. The standard InChI is InChI=1S/C12H13BrO2S/c1-9(14)16-7-3-4-10-5-6-11(15-2)8-12(10)13/h3-6,8H,7H2,1-2H3. The van der Waals surface area contributed by atoms with E-state index in [4.69, 9.17) is 4.74 Å². The zero-order valence-corrected chi connectivity index (χ0v) is 11.6. The number of methoxy groups -OCH3 is 1. The van der Waals surface area contributed by atoms with Crippen molar-refractivity contribution in [2.45, 2.75) is 6.92 Å². The molecule has 0 unspecified atom stereocenters. The van der Waals surface area contributed by atoms with Gasteiger partial charge in [-0.3, -0.25) is 4.79 Å². The number of carbonyl (C=O) groups is 1. The van der Waals surface area contributed by atoms with E-state index >= 15 is 0 Å². The fraction of sp³-hybridized carbons (Fsp3) is 0.250. The predicted octanol–water partition coefficient (Wildman–Crippen LogP) is 3.75. The zero-order valence-electron chi connectivity index (χ0n) is 9.20. The minimum atomic E-state index is 0.137. The summed E-state index contributed by atoms with van der Waals surface area (Å²) in [6.45, 7) is 1.57. The molecule has 0 aliphatic rings. The zero-order chi connectivity index (χ0) is 12.0. The molecule has 0 aliphatic carbocycles. The third kappa shape index (κ3) is 4.41. The Bertz CT molecular complexity index is 402. The van der Waals surface area contributed by atoms with Crippen molar-refractivity contribution in [1.29, 1.82) is 0 Å². The van der Waals surface area contributed by atoms with Crippen LogP contribution in [0.4, 0.5) is 0 Å². The van der Waals surface area contributed by atoms with Gasteiger partial charge in [-0.2, -0.15) is 0 Å². The smallest absolute Gasteiger partial charge is 0.186 e. The van der Waals surface area contributed by atoms with Crippen LogP contribution in [0.25, 0.3) is 6.08 Å². The van der Waals surface area contributed by atoms with Crippen LogP contribution < -0.4 is 4.74 Å². The van der Waals surface area contributed by atoms with Gasteiger partial charge in [-0.1, -0.05) is 45.9 Å². The van der Waals surface area contributed by atoms with E-state index in [-0.39, 0.29) is 5.12 Å². The Labute approximate surface area is 108 Å². The molecule has 0 saturated carbocycles. The van der Waals surface area contributed by atoms with Crippen LogP contribution in [0.3, 0.4) is 0 Å². The number of halogens is 1. The minimum absolute atomic E-state index is 0.137. The molecular formula is C12H13BrO2S. The van der Waals surface area contributed by atoms with Gasteiger partial charge >= 0.3 is 0 Å². The molecule has 1 aromatic carbocycles. The van der Waals surface area contributed by atoms with E-state index in [1.165, 1.54) is 11.8 Å². The number of hydrogen-bond donors (Lipinski definition) is 0. The van der Waals surface area contributed by atoms with Crippen LogP contribution in [-0.2, 0) is 4.79 Å². The van der Waals surface area contributed by atoms with Gasteiger partial charge in [-0.15, -0.1) is 0 Å². The number of carbonyl (C=O) groups excluding carboxylic acids is 1. The number of ether oxygens (including phenoxy) is 1. The summed E-state index contributed by atoms with van der Waals surface area (Å²) in [5.74, 6) is 1.52. The maximum Gasteiger partial charge on any atom is 0.186 e. The SMILES string of the molecule is COc1ccc(C=CCSC(C)=O)c(Br)c1. The molecule has 0 radical (unpaired) electrons. The van der Waals surface area contributed by atoms with E-state index in [0.29, 0.717) is 5.75 Å². The Morgan fingerprint density at radius 1 is 1.56 bits per heavy atom. The number of rotatable bonds is 4. The molecule has 4 heteroatoms. The summed E-state index contributed by atoms with van der Waals surface area (Å²) >= 11 is 4.76. The summed E-state index contributed by atoms with van der Waals surface area (Å²) in [6, 6.07) is 5.79. The highest BCUT2D eigenvalue weighted by molar-refractivity contribution is 9.10. The Morgan fingerprint density at radius 2 is 2.31 bits per heavy atom. The van der Waals surface area contributed by atoms with Gasteiger partial charge in [0.15, 0.2) is 5.12 Å². The van der Waals surface area contributed by atoms with E-state index in [9.17, 15) is 4.79 Å². The first-order chi connectivity index (χ1) is 7.63. The van der Waals surface area contributed by atoms with Crippen molar-refractivity contribution in [3.8, 4) is 5.75 Å². The fourth-order valence-electron chi connectivity index (χ4n) is 1.11. The lowest BCUT2D eigenvalue weighted by Crippen LogP contribution is -1.84. The molecule has 0 heterocycles. The molecule has 0 amide bonds. The minimum Gasteiger partial charge on any atom is -0.497 e. The van der Waals surface area contributed by atoms with Crippen LogP contribution in [0, 0.1) is 0 Å². The third-order valence-electron chi connectivity index (χ3n) is 1.89. The maximum absolute atomic E-state index is 10.7. The van der Waals surface area contributed by atoms with Gasteiger partial charge in [0.25, 0.3) is 0 Å². The van der Waals surface area contributed by atoms with Crippen LogP contribution in [0.15, 0.2) is 28.7 Å². The van der Waals surface area contributed by atoms with Crippen LogP contribution in [0.2, 0.25) is 0 Å². The molecule has 0 N–H and O–H groups in total. The molecule has 0 aliphatic heterocycles. The van der Waals surface area contributed by atoms with Gasteiger partial charge in [0.1, 0.15) is 5.75 Å². The Hall–Kier alpha value is -0.740. The molecule has 86 valence electrons. The lowest BCUT2D eigenvalue weighted by atomic mass is 10.2. The maximum atomic E-state index is 10.7. The highest BCUT2D eigenvalue weighted by atomic mass is 79.9. The van der Waals surface area contributed by atoms with Crippen molar-refractivity contribution >= 4 is 38.9 Å². The number of benzene rings is 1. The molecule has 0 atom stereocenters. The van der Waals surface area contributed by atoms with Crippen molar-refractivity contribution in [2.75, 3.05) is 12.9 Å². The summed E-state index contributed by atoms with van der Waals surface area (Å²) in [4.78, 5) is 10.7. The van der Waals surface area contributed by atoms with E-state index in [1.54, 1.807) is 14.0 Å². The molecule has 1 rings (SSSR count). The average molecular weight is 301 g/mol. The summed E-state index contributed by atoms with van der Waals surface area (Å²) in [6.07, 6.45) is 3.96. The highest BCUT2D eigenvalue weighted by Crippen LogP contribution is 2.24. The van der Waals surface area contributed by atoms with Crippen molar-refractivity contribution in [2.24, 2.45) is 0 Å². The van der Waals surface area contributed by atoms with Crippen LogP contribution in [0.5, 0.6) is 5.75 Å². The quantitative estimate of drug-likeness (QED) is 0.847. The van der Waals surface area contributed by atoms with Crippen LogP contribution in [0.1, 0.15) is 12.5 Å². The van der Waals surface area contributed by atoms with Gasteiger partial charge in [0.05, 0.1) is 7.11 Å². The molecule has 0 spiro atoms. The van der Waals surface area contributed by atoms with Crippen molar-refractivity contribution < 1.29 is 9.53 Å². The summed E-state index contributed by atoms with van der Waals surface area (Å²) in [5, 5.41) is 0.137. The Balaban J connectivity index is 2.63. The molecule has 1 aromatic rings. The summed E-state index contributed by atoms with van der Waals surface area (Å²) in [5.41, 5.74) is 1.07. The van der Waals surface area contributed by atoms with E-state index in [2.05, 4.69) is 15.9 Å². The van der Waals surface area contributed by atoms with Crippen molar-refractivity contribution in [1.82, 2.24) is 0 Å². The van der Waals surface area contributed by atoms with Crippen LogP contribution in [-0.4, -0.2) is 18.0 Å². The molecule has 2 nitrogen and oxygen atoms in total. The molecule has 0 saturated heterocycles. The van der Waals surface area contributed by atoms with Gasteiger partial charge in [-0.05, 0) is 17.7 Å². The van der Waals surface area contributed by atoms with E-state index < -0.39 is 0 Å². The largest absolute Gasteiger partial charge is 0.497 e. The fourth-order valence-corrected chi connectivity index (χ4v) is 2.03. The van der Waals surface area contributed by atoms with E-state index in [0.717, 1.165) is 15.8 Å². The average Bonchev–Trinajstić information content (AvgIpc) is 2.25. The number of hydrogen-bond acceptors (Lipinski definition) is 3. The third-order valence-corrected chi connectivity index (χ3v) is 3.34. The lowest BCUT2D eigenvalue weighted by molar-refractivity contribution is -0.109. The van der Waals surface area contributed by atoms with Gasteiger partial charge in [0, 0.05) is 17.1 Å². The predicted molar refractivity (Wildman–Crippen MR) is 72.9 cm³/mol. The molecular weight excluding hydrogens is 288 g/mol. The Kier molecular flexibility index (Phi) is 5.63. The molecule has 0 bridgehead atoms. The second kappa shape index (κ2) is 6.76. The van der Waals surface area contributed by atoms with Gasteiger partial charge in [0.2, 0.25) is 0 Å². The molecule has 16 heavy (non-hydrogen) atoms. The Morgan fingerprint density at radius 3 is 2.88 bits per heavy atom. The summed E-state index contributed by atoms with van der Waals surface area (Å²) < 4.78 is 6.09. The first kappa shape index (κ1) is 13.3. The first-order valence-corrected chi connectivity index (χ1v) is 6.55. The number of thioether (sulfide) groups is 1. The highest BCUT2D eigenvalue weighted by Gasteiger charge is 1.98. The molecule has 0 fully saturated rings. The van der Waals surface area contributed by atoms with Gasteiger partial charge in [-0.25, -0.2) is 0 Å². The molecule has 0 aromatic heterocycles. The second-order valence-corrected chi connectivity index (χ2v) is 5.14. The monoisotopic (exact) mass is 300 g/mol. The first-order valence-electron chi connectivity index (χ1n) is 4.77. The van der Waals surface area contributed by atoms with E-state index in [1.807, 2.05) is 30.4 Å². The van der Waals surface area contributed by atoms with Crippen LogP contribution >= 0.6 is 27.7 Å². The van der Waals surface area contributed by atoms with Crippen molar-refractivity contribution in [3.05, 3.63) is 34.3 Å².